The molecule has 43 heavy (non-hydrogen) atoms. The second kappa shape index (κ2) is 12.0. The van der Waals surface area contributed by atoms with Gasteiger partial charge in [0.25, 0.3) is 5.91 Å². The number of halogens is 1. The maximum atomic E-state index is 13.6. The summed E-state index contributed by atoms with van der Waals surface area (Å²) >= 11 is 6.51. The van der Waals surface area contributed by atoms with E-state index in [-0.39, 0.29) is 18.0 Å². The summed E-state index contributed by atoms with van der Waals surface area (Å²) in [5, 5.41) is 7.38. The fraction of sp³-hybridized carbons (Fsp3) is 0.273. The van der Waals surface area contributed by atoms with E-state index in [0.29, 0.717) is 53.4 Å². The monoisotopic (exact) mass is 596 g/mol. The van der Waals surface area contributed by atoms with Crippen LogP contribution in [0.15, 0.2) is 71.9 Å². The molecule has 6 rings (SSSR count). The van der Waals surface area contributed by atoms with Crippen molar-refractivity contribution in [3.63, 3.8) is 0 Å². The molecule has 1 fully saturated rings. The molecule has 1 aromatic heterocycles. The quantitative estimate of drug-likeness (QED) is 0.293. The van der Waals surface area contributed by atoms with E-state index in [1.807, 2.05) is 65.6 Å². The second-order valence-corrected chi connectivity index (χ2v) is 11.3. The summed E-state index contributed by atoms with van der Waals surface area (Å²) in [4.78, 5) is 30.1. The number of amides is 1. The number of benzene rings is 3. The molecule has 2 atom stereocenters. The molecule has 2 N–H and O–H groups in total. The molecule has 0 bridgehead atoms. The van der Waals surface area contributed by atoms with Crippen LogP contribution in [0, 0.1) is 0 Å². The third-order valence-electron chi connectivity index (χ3n) is 7.68. The summed E-state index contributed by atoms with van der Waals surface area (Å²) in [6.07, 6.45) is 1.78. The Morgan fingerprint density at radius 2 is 1.74 bits per heavy atom. The minimum Gasteiger partial charge on any atom is -0.497 e. The highest BCUT2D eigenvalue weighted by Crippen LogP contribution is 2.36. The molecule has 0 spiro atoms. The molecule has 220 valence electrons. The molecule has 1 saturated heterocycles. The lowest BCUT2D eigenvalue weighted by molar-refractivity contribution is 0.0675. The third kappa shape index (κ3) is 5.78. The molecule has 0 radical (unpaired) electrons. The standard InChI is InChI=1S/C33H33ClN6O3/c1-19-17-40(18-20(2)37-19)32(41)25-7-5-6-8-28(25)38-33-36-16-21-15-35-31(26-12-10-23(42-3)14-29(26)43-4)27-13-22(34)9-11-24(27)30(21)39-33/h5-14,16,19-20,37H,15,17-18H2,1-4H3,(H,36,38,39). The number of hydrogen-bond donors (Lipinski definition) is 2. The van der Waals surface area contributed by atoms with Crippen molar-refractivity contribution in [1.82, 2.24) is 20.2 Å². The first-order valence-electron chi connectivity index (χ1n) is 14.2. The smallest absolute Gasteiger partial charge is 0.256 e. The number of carbonyl (C=O) groups excluding carboxylic acids is 1. The van der Waals surface area contributed by atoms with Gasteiger partial charge in [-0.25, -0.2) is 9.97 Å². The molecular weight excluding hydrogens is 564 g/mol. The summed E-state index contributed by atoms with van der Waals surface area (Å²) in [6, 6.07) is 19.3. The van der Waals surface area contributed by atoms with Crippen LogP contribution in [0.2, 0.25) is 5.02 Å². The number of nitrogens with zero attached hydrogens (tertiary/aromatic N) is 4. The van der Waals surface area contributed by atoms with Crippen LogP contribution < -0.4 is 20.1 Å². The van der Waals surface area contributed by atoms with Crippen LogP contribution in [-0.4, -0.2) is 65.9 Å². The number of methoxy groups -OCH3 is 2. The van der Waals surface area contributed by atoms with Crippen molar-refractivity contribution in [2.24, 2.45) is 4.99 Å². The van der Waals surface area contributed by atoms with E-state index >= 15 is 0 Å². The first kappa shape index (κ1) is 28.6. The van der Waals surface area contributed by atoms with Crippen molar-refractivity contribution < 1.29 is 14.3 Å². The molecule has 4 aromatic rings. The van der Waals surface area contributed by atoms with E-state index in [9.17, 15) is 4.79 Å². The Kier molecular flexibility index (Phi) is 8.01. The number of carbonyl (C=O) groups is 1. The van der Waals surface area contributed by atoms with Crippen molar-refractivity contribution >= 4 is 34.9 Å². The van der Waals surface area contributed by atoms with Gasteiger partial charge in [0.15, 0.2) is 0 Å². The van der Waals surface area contributed by atoms with Gasteiger partial charge in [-0.1, -0.05) is 29.8 Å². The lowest BCUT2D eigenvalue weighted by Crippen LogP contribution is -2.55. The second-order valence-electron chi connectivity index (χ2n) is 10.8. The maximum Gasteiger partial charge on any atom is 0.256 e. The number of piperazine rings is 1. The molecule has 2 aliphatic heterocycles. The van der Waals surface area contributed by atoms with E-state index in [4.69, 9.17) is 31.1 Å². The maximum absolute atomic E-state index is 13.6. The zero-order valence-electron chi connectivity index (χ0n) is 24.5. The average Bonchev–Trinajstić information content (AvgIpc) is 3.16. The lowest BCUT2D eigenvalue weighted by atomic mass is 9.95. The van der Waals surface area contributed by atoms with Gasteiger partial charge in [-0.05, 0) is 50.2 Å². The molecule has 2 aliphatic rings. The number of hydrogen-bond acceptors (Lipinski definition) is 8. The number of aromatic nitrogens is 2. The highest BCUT2D eigenvalue weighted by atomic mass is 35.5. The van der Waals surface area contributed by atoms with E-state index in [1.165, 1.54) is 0 Å². The molecule has 9 nitrogen and oxygen atoms in total. The Morgan fingerprint density at radius 1 is 0.977 bits per heavy atom. The van der Waals surface area contributed by atoms with Crippen molar-refractivity contribution in [1.29, 1.82) is 0 Å². The number of fused-ring (bicyclic) bond motifs is 3. The first-order valence-corrected chi connectivity index (χ1v) is 14.6. The van der Waals surface area contributed by atoms with E-state index < -0.39 is 0 Å². The number of ether oxygens (including phenoxy) is 2. The van der Waals surface area contributed by atoms with Gasteiger partial charge in [0.05, 0.1) is 43.4 Å². The van der Waals surface area contributed by atoms with Crippen molar-refractivity contribution in [3.8, 4) is 22.8 Å². The Hall–Kier alpha value is -4.47. The number of aliphatic imine (C=N–C) groups is 1. The third-order valence-corrected chi connectivity index (χ3v) is 7.91. The zero-order chi connectivity index (χ0) is 30.1. The lowest BCUT2D eigenvalue weighted by Gasteiger charge is -2.36. The van der Waals surface area contributed by atoms with Gasteiger partial charge < -0.3 is 25.0 Å². The largest absolute Gasteiger partial charge is 0.497 e. The molecule has 1 amide bonds. The predicted octanol–water partition coefficient (Wildman–Crippen LogP) is 5.73. The number of rotatable bonds is 6. The number of para-hydroxylation sites is 1. The van der Waals surface area contributed by atoms with Crippen LogP contribution >= 0.6 is 11.6 Å². The van der Waals surface area contributed by atoms with Gasteiger partial charge >= 0.3 is 0 Å². The molecular formula is C33H33ClN6O3. The normalized spacial score (nSPS) is 17.7. The van der Waals surface area contributed by atoms with E-state index in [1.54, 1.807) is 20.4 Å². The topological polar surface area (TPSA) is 101 Å². The fourth-order valence-corrected chi connectivity index (χ4v) is 5.94. The van der Waals surface area contributed by atoms with Crippen molar-refractivity contribution in [2.75, 3.05) is 32.6 Å². The van der Waals surface area contributed by atoms with Crippen LogP contribution in [0.4, 0.5) is 11.6 Å². The Balaban J connectivity index is 1.37. The summed E-state index contributed by atoms with van der Waals surface area (Å²) in [6.45, 7) is 5.84. The average molecular weight is 597 g/mol. The van der Waals surface area contributed by atoms with Crippen LogP contribution in [0.1, 0.15) is 40.9 Å². The minimum absolute atomic E-state index is 0.0236. The highest BCUT2D eigenvalue weighted by molar-refractivity contribution is 6.31. The molecule has 2 unspecified atom stereocenters. The molecule has 10 heteroatoms. The summed E-state index contributed by atoms with van der Waals surface area (Å²) in [5.74, 6) is 1.68. The van der Waals surface area contributed by atoms with E-state index in [2.05, 4.69) is 29.5 Å². The molecule has 0 aliphatic carbocycles. The van der Waals surface area contributed by atoms with Crippen molar-refractivity contribution in [3.05, 3.63) is 94.1 Å². The minimum atomic E-state index is -0.0236. The molecule has 0 saturated carbocycles. The number of nitrogens with one attached hydrogen (secondary N) is 2. The van der Waals surface area contributed by atoms with Crippen LogP contribution in [-0.2, 0) is 6.54 Å². The summed E-state index contributed by atoms with van der Waals surface area (Å²) < 4.78 is 11.1. The van der Waals surface area contributed by atoms with Crippen LogP contribution in [0.3, 0.4) is 0 Å². The van der Waals surface area contributed by atoms with Gasteiger partial charge in [0.2, 0.25) is 5.95 Å². The Labute approximate surface area is 255 Å². The van der Waals surface area contributed by atoms with Gasteiger partial charge in [-0.2, -0.15) is 0 Å². The van der Waals surface area contributed by atoms with Gasteiger partial charge in [-0.15, -0.1) is 0 Å². The highest BCUT2D eigenvalue weighted by Gasteiger charge is 2.28. The Bertz CT molecular complexity index is 1720. The molecule has 3 heterocycles. The van der Waals surface area contributed by atoms with Crippen molar-refractivity contribution in [2.45, 2.75) is 32.5 Å². The summed E-state index contributed by atoms with van der Waals surface area (Å²) in [5.41, 5.74) is 6.08. The van der Waals surface area contributed by atoms with Gasteiger partial charge in [-0.3, -0.25) is 9.79 Å². The first-order chi connectivity index (χ1) is 20.8. The predicted molar refractivity (Wildman–Crippen MR) is 169 cm³/mol. The molecule has 3 aromatic carbocycles. The number of anilines is 2. The van der Waals surface area contributed by atoms with Crippen LogP contribution in [0.5, 0.6) is 11.5 Å². The zero-order valence-corrected chi connectivity index (χ0v) is 25.3. The SMILES string of the molecule is COc1ccc(C2=NCc3cnc(Nc4ccccc4C(=O)N4CC(C)NC(C)C4)nc3-c3ccc(Cl)cc32)c(OC)c1. The van der Waals surface area contributed by atoms with E-state index in [0.717, 1.165) is 33.7 Å². The van der Waals surface area contributed by atoms with Crippen LogP contribution in [0.25, 0.3) is 11.3 Å². The van der Waals surface area contributed by atoms with Gasteiger partial charge in [0.1, 0.15) is 11.5 Å². The summed E-state index contributed by atoms with van der Waals surface area (Å²) in [7, 11) is 3.24. The van der Waals surface area contributed by atoms with Gasteiger partial charge in [0, 0.05) is 64.7 Å². The fourth-order valence-electron chi connectivity index (χ4n) is 5.77. The Morgan fingerprint density at radius 3 is 2.51 bits per heavy atom.